The molecule has 0 aromatic heterocycles. The molecular weight excluding hydrogens is 289 g/mol. The second kappa shape index (κ2) is 7.56. The standard InChI is InChI=1S/C16H22FNO4/c1-3-22-9-15(20)18-16(11-6-12(19)7-11)10-4-5-14(21-2)13(17)8-10/h4-5,8,11-12,16,19H,3,6-7,9H2,1-2H3,(H,18,20)/t11?,12?,16-/m1/s1. The van der Waals surface area contributed by atoms with E-state index in [1.54, 1.807) is 12.1 Å². The number of benzene rings is 1. The van der Waals surface area contributed by atoms with Gasteiger partial charge in [0.25, 0.3) is 0 Å². The molecule has 0 aliphatic heterocycles. The van der Waals surface area contributed by atoms with Gasteiger partial charge in [-0.2, -0.15) is 0 Å². The van der Waals surface area contributed by atoms with Crippen molar-refractivity contribution in [1.29, 1.82) is 0 Å². The van der Waals surface area contributed by atoms with E-state index >= 15 is 0 Å². The number of aliphatic hydroxyl groups excluding tert-OH is 1. The average Bonchev–Trinajstić information content (AvgIpc) is 2.47. The summed E-state index contributed by atoms with van der Waals surface area (Å²) in [5, 5.41) is 12.4. The van der Waals surface area contributed by atoms with Crippen LogP contribution in [0.25, 0.3) is 0 Å². The van der Waals surface area contributed by atoms with Gasteiger partial charge < -0.3 is 19.9 Å². The number of amides is 1. The second-order valence-electron chi connectivity index (χ2n) is 5.46. The summed E-state index contributed by atoms with van der Waals surface area (Å²) in [5.74, 6) is -0.460. The zero-order valence-electron chi connectivity index (χ0n) is 12.8. The van der Waals surface area contributed by atoms with E-state index in [0.717, 1.165) is 0 Å². The fourth-order valence-corrected chi connectivity index (χ4v) is 2.66. The first-order chi connectivity index (χ1) is 10.5. The van der Waals surface area contributed by atoms with Crippen molar-refractivity contribution < 1.29 is 23.8 Å². The lowest BCUT2D eigenvalue weighted by atomic mass is 9.75. The van der Waals surface area contributed by atoms with Crippen molar-refractivity contribution in [3.05, 3.63) is 29.6 Å². The van der Waals surface area contributed by atoms with Gasteiger partial charge in [-0.05, 0) is 43.4 Å². The Morgan fingerprint density at radius 1 is 1.50 bits per heavy atom. The van der Waals surface area contributed by atoms with Crippen LogP contribution in [0.2, 0.25) is 0 Å². The second-order valence-corrected chi connectivity index (χ2v) is 5.46. The number of ether oxygens (including phenoxy) is 2. The van der Waals surface area contributed by atoms with Crippen LogP contribution in [0.1, 0.15) is 31.4 Å². The summed E-state index contributed by atoms with van der Waals surface area (Å²) in [6.07, 6.45) is 0.833. The van der Waals surface area contributed by atoms with Crippen molar-refractivity contribution in [2.45, 2.75) is 31.9 Å². The topological polar surface area (TPSA) is 67.8 Å². The minimum absolute atomic E-state index is 0.0269. The SMILES string of the molecule is CCOCC(=O)N[C@H](c1ccc(OC)c(F)c1)C1CC(O)C1. The van der Waals surface area contributed by atoms with Crippen LogP contribution < -0.4 is 10.1 Å². The van der Waals surface area contributed by atoms with Crippen molar-refractivity contribution in [2.75, 3.05) is 20.3 Å². The third-order valence-corrected chi connectivity index (χ3v) is 3.91. The van der Waals surface area contributed by atoms with Crippen LogP contribution in [0, 0.1) is 11.7 Å². The van der Waals surface area contributed by atoms with Crippen LogP contribution in [-0.4, -0.2) is 37.4 Å². The molecule has 1 atom stereocenters. The van der Waals surface area contributed by atoms with Gasteiger partial charge in [-0.3, -0.25) is 4.79 Å². The Morgan fingerprint density at radius 2 is 2.23 bits per heavy atom. The monoisotopic (exact) mass is 311 g/mol. The molecular formula is C16H22FNO4. The average molecular weight is 311 g/mol. The highest BCUT2D eigenvalue weighted by Crippen LogP contribution is 2.38. The molecule has 0 radical (unpaired) electrons. The molecule has 1 amide bonds. The van der Waals surface area contributed by atoms with E-state index in [1.165, 1.54) is 13.2 Å². The number of methoxy groups -OCH3 is 1. The Morgan fingerprint density at radius 3 is 2.77 bits per heavy atom. The first-order valence-corrected chi connectivity index (χ1v) is 7.43. The van der Waals surface area contributed by atoms with Crippen molar-refractivity contribution >= 4 is 5.91 Å². The molecule has 0 unspecified atom stereocenters. The first-order valence-electron chi connectivity index (χ1n) is 7.43. The molecule has 0 saturated heterocycles. The largest absolute Gasteiger partial charge is 0.494 e. The highest BCUT2D eigenvalue weighted by atomic mass is 19.1. The predicted molar refractivity (Wildman–Crippen MR) is 79.1 cm³/mol. The van der Waals surface area contributed by atoms with Crippen molar-refractivity contribution in [3.8, 4) is 5.75 Å². The fraction of sp³-hybridized carbons (Fsp3) is 0.562. The minimum atomic E-state index is -0.469. The number of rotatable bonds is 7. The van der Waals surface area contributed by atoms with Crippen molar-refractivity contribution in [1.82, 2.24) is 5.32 Å². The zero-order valence-corrected chi connectivity index (χ0v) is 12.8. The maximum atomic E-state index is 13.9. The number of nitrogens with one attached hydrogen (secondary N) is 1. The number of aliphatic hydroxyl groups is 1. The van der Waals surface area contributed by atoms with Gasteiger partial charge in [0.05, 0.1) is 19.3 Å². The van der Waals surface area contributed by atoms with E-state index in [-0.39, 0.29) is 36.3 Å². The number of hydrogen-bond acceptors (Lipinski definition) is 4. The molecule has 0 heterocycles. The summed E-state index contributed by atoms with van der Waals surface area (Å²) in [6, 6.07) is 4.31. The fourth-order valence-electron chi connectivity index (χ4n) is 2.66. The van der Waals surface area contributed by atoms with Crippen LogP contribution in [-0.2, 0) is 9.53 Å². The lowest BCUT2D eigenvalue weighted by molar-refractivity contribution is -0.127. The molecule has 1 aromatic rings. The maximum absolute atomic E-state index is 13.9. The normalized spacial score (nSPS) is 21.8. The van der Waals surface area contributed by atoms with E-state index < -0.39 is 5.82 Å². The summed E-state index contributed by atoms with van der Waals surface area (Å²) in [7, 11) is 1.40. The predicted octanol–water partition coefficient (Wildman–Crippen LogP) is 1.80. The Labute approximate surface area is 129 Å². The molecule has 1 saturated carbocycles. The molecule has 2 rings (SSSR count). The van der Waals surface area contributed by atoms with Crippen LogP contribution >= 0.6 is 0 Å². The van der Waals surface area contributed by atoms with Gasteiger partial charge in [-0.1, -0.05) is 6.07 Å². The smallest absolute Gasteiger partial charge is 0.246 e. The van der Waals surface area contributed by atoms with Crippen LogP contribution in [0.3, 0.4) is 0 Å². The molecule has 22 heavy (non-hydrogen) atoms. The Bertz CT molecular complexity index is 517. The number of carbonyl (C=O) groups excluding carboxylic acids is 1. The third-order valence-electron chi connectivity index (χ3n) is 3.91. The van der Waals surface area contributed by atoms with Gasteiger partial charge in [0.1, 0.15) is 6.61 Å². The lowest BCUT2D eigenvalue weighted by Gasteiger charge is -2.38. The Balaban J connectivity index is 2.13. The molecule has 1 fully saturated rings. The van der Waals surface area contributed by atoms with Crippen LogP contribution in [0.4, 0.5) is 4.39 Å². The molecule has 0 spiro atoms. The Hall–Kier alpha value is -1.66. The van der Waals surface area contributed by atoms with E-state index in [9.17, 15) is 14.3 Å². The van der Waals surface area contributed by atoms with Gasteiger partial charge in [-0.25, -0.2) is 4.39 Å². The summed E-state index contributed by atoms with van der Waals surface area (Å²) >= 11 is 0. The maximum Gasteiger partial charge on any atom is 0.246 e. The van der Waals surface area contributed by atoms with Gasteiger partial charge in [-0.15, -0.1) is 0 Å². The molecule has 1 aromatic carbocycles. The molecule has 6 heteroatoms. The molecule has 1 aliphatic carbocycles. The molecule has 0 bridgehead atoms. The van der Waals surface area contributed by atoms with Gasteiger partial charge in [0, 0.05) is 6.61 Å². The summed E-state index contributed by atoms with van der Waals surface area (Å²) in [4.78, 5) is 11.9. The third kappa shape index (κ3) is 3.96. The van der Waals surface area contributed by atoms with E-state index in [2.05, 4.69) is 5.32 Å². The lowest BCUT2D eigenvalue weighted by Crippen LogP contribution is -2.42. The molecule has 122 valence electrons. The summed E-state index contributed by atoms with van der Waals surface area (Å²) in [5.41, 5.74) is 0.667. The van der Waals surface area contributed by atoms with E-state index in [1.807, 2.05) is 6.92 Å². The van der Waals surface area contributed by atoms with E-state index in [0.29, 0.717) is 25.0 Å². The number of carbonyl (C=O) groups is 1. The quantitative estimate of drug-likeness (QED) is 0.806. The van der Waals surface area contributed by atoms with Gasteiger partial charge in [0.2, 0.25) is 5.91 Å². The minimum Gasteiger partial charge on any atom is -0.494 e. The van der Waals surface area contributed by atoms with Gasteiger partial charge in [0.15, 0.2) is 11.6 Å². The van der Waals surface area contributed by atoms with Crippen molar-refractivity contribution in [2.24, 2.45) is 5.92 Å². The Kier molecular flexibility index (Phi) is 5.74. The molecule has 2 N–H and O–H groups in total. The first kappa shape index (κ1) is 16.7. The van der Waals surface area contributed by atoms with Crippen molar-refractivity contribution in [3.63, 3.8) is 0 Å². The van der Waals surface area contributed by atoms with E-state index in [4.69, 9.17) is 9.47 Å². The molecule has 1 aliphatic rings. The highest BCUT2D eigenvalue weighted by molar-refractivity contribution is 5.77. The van der Waals surface area contributed by atoms with Gasteiger partial charge >= 0.3 is 0 Å². The highest BCUT2D eigenvalue weighted by Gasteiger charge is 2.35. The van der Waals surface area contributed by atoms with Crippen LogP contribution in [0.5, 0.6) is 5.75 Å². The summed E-state index contributed by atoms with van der Waals surface area (Å²) < 4.78 is 23.9. The zero-order chi connectivity index (χ0) is 16.1. The summed E-state index contributed by atoms with van der Waals surface area (Å²) in [6.45, 7) is 2.24. The van der Waals surface area contributed by atoms with Crippen LogP contribution in [0.15, 0.2) is 18.2 Å². The number of hydrogen-bond donors (Lipinski definition) is 2. The molecule has 5 nitrogen and oxygen atoms in total. The number of halogens is 1.